The Hall–Kier alpha value is -2.82. The van der Waals surface area contributed by atoms with Crippen molar-refractivity contribution < 1.29 is 14.3 Å². The molecule has 4 rings (SSSR count). The Morgan fingerprint density at radius 1 is 1.20 bits per heavy atom. The quantitative estimate of drug-likeness (QED) is 0.938. The number of nitrogens with one attached hydrogen (secondary N) is 1. The SMILES string of the molecule is O=C1COc2cc(C(=O)N3CCCC3Cc3ccccc3)ccc2N1. The van der Waals surface area contributed by atoms with E-state index in [-0.39, 0.29) is 24.5 Å². The number of nitrogens with zero attached hydrogens (tertiary/aromatic N) is 1. The molecule has 1 fully saturated rings. The zero-order valence-electron chi connectivity index (χ0n) is 13.9. The largest absolute Gasteiger partial charge is 0.482 e. The van der Waals surface area contributed by atoms with Crippen LogP contribution in [-0.2, 0) is 11.2 Å². The van der Waals surface area contributed by atoms with E-state index in [0.717, 1.165) is 25.8 Å². The fourth-order valence-electron chi connectivity index (χ4n) is 3.57. The van der Waals surface area contributed by atoms with Crippen molar-refractivity contribution in [3.05, 3.63) is 59.7 Å². The summed E-state index contributed by atoms with van der Waals surface area (Å²) in [5.74, 6) is 0.417. The predicted molar refractivity (Wildman–Crippen MR) is 94.8 cm³/mol. The first-order chi connectivity index (χ1) is 12.2. The highest BCUT2D eigenvalue weighted by atomic mass is 16.5. The van der Waals surface area contributed by atoms with E-state index in [9.17, 15) is 9.59 Å². The fourth-order valence-corrected chi connectivity index (χ4v) is 3.57. The van der Waals surface area contributed by atoms with Crippen LogP contribution in [0.4, 0.5) is 5.69 Å². The number of carbonyl (C=O) groups is 2. The summed E-state index contributed by atoms with van der Waals surface area (Å²) in [6.45, 7) is 0.774. The standard InChI is InChI=1S/C20H20N2O3/c23-19-13-25-18-12-15(8-9-17(18)21-19)20(24)22-10-4-7-16(22)11-14-5-2-1-3-6-14/h1-3,5-6,8-9,12,16H,4,7,10-11,13H2,(H,21,23). The maximum atomic E-state index is 13.0. The summed E-state index contributed by atoms with van der Waals surface area (Å²) in [7, 11) is 0. The number of amides is 2. The monoisotopic (exact) mass is 336 g/mol. The van der Waals surface area contributed by atoms with Crippen molar-refractivity contribution in [2.45, 2.75) is 25.3 Å². The van der Waals surface area contributed by atoms with Crippen LogP contribution in [0.25, 0.3) is 0 Å². The Morgan fingerprint density at radius 2 is 2.04 bits per heavy atom. The van der Waals surface area contributed by atoms with E-state index in [1.54, 1.807) is 18.2 Å². The number of rotatable bonds is 3. The van der Waals surface area contributed by atoms with Gasteiger partial charge in [-0.2, -0.15) is 0 Å². The second kappa shape index (κ2) is 6.59. The van der Waals surface area contributed by atoms with Gasteiger partial charge in [-0.1, -0.05) is 30.3 Å². The smallest absolute Gasteiger partial charge is 0.262 e. The summed E-state index contributed by atoms with van der Waals surface area (Å²) in [6, 6.07) is 15.7. The lowest BCUT2D eigenvalue weighted by Gasteiger charge is -2.26. The first kappa shape index (κ1) is 15.7. The molecular weight excluding hydrogens is 316 g/mol. The molecule has 1 N–H and O–H groups in total. The topological polar surface area (TPSA) is 58.6 Å². The van der Waals surface area contributed by atoms with Gasteiger partial charge in [-0.25, -0.2) is 0 Å². The van der Waals surface area contributed by atoms with Gasteiger partial charge in [0.25, 0.3) is 11.8 Å². The molecule has 2 aliphatic rings. The Morgan fingerprint density at radius 3 is 2.88 bits per heavy atom. The molecule has 0 radical (unpaired) electrons. The van der Waals surface area contributed by atoms with E-state index in [1.165, 1.54) is 5.56 Å². The summed E-state index contributed by atoms with van der Waals surface area (Å²) in [5.41, 5.74) is 2.48. The fraction of sp³-hybridized carbons (Fsp3) is 0.300. The van der Waals surface area contributed by atoms with Crippen LogP contribution >= 0.6 is 0 Å². The minimum absolute atomic E-state index is 0.00894. The van der Waals surface area contributed by atoms with E-state index < -0.39 is 0 Å². The van der Waals surface area contributed by atoms with Crippen LogP contribution in [0.5, 0.6) is 5.75 Å². The van der Waals surface area contributed by atoms with Gasteiger partial charge in [0.15, 0.2) is 6.61 Å². The van der Waals surface area contributed by atoms with Gasteiger partial charge in [0.2, 0.25) is 0 Å². The summed E-state index contributed by atoms with van der Waals surface area (Å²) in [4.78, 5) is 26.3. The molecule has 5 nitrogen and oxygen atoms in total. The van der Waals surface area contributed by atoms with Crippen molar-refractivity contribution in [1.82, 2.24) is 4.90 Å². The molecule has 0 aliphatic carbocycles. The number of likely N-dealkylation sites (tertiary alicyclic amines) is 1. The normalized spacial score (nSPS) is 19.1. The van der Waals surface area contributed by atoms with Crippen LogP contribution in [0.2, 0.25) is 0 Å². The lowest BCUT2D eigenvalue weighted by atomic mass is 10.0. The first-order valence-electron chi connectivity index (χ1n) is 8.62. The van der Waals surface area contributed by atoms with Gasteiger partial charge in [0, 0.05) is 18.2 Å². The Bertz CT molecular complexity index is 804. The number of hydrogen-bond acceptors (Lipinski definition) is 3. The lowest BCUT2D eigenvalue weighted by Crippen LogP contribution is -2.37. The molecule has 2 aromatic carbocycles. The van der Waals surface area contributed by atoms with Crippen LogP contribution < -0.4 is 10.1 Å². The highest BCUT2D eigenvalue weighted by Gasteiger charge is 2.30. The third-order valence-electron chi connectivity index (χ3n) is 4.81. The minimum atomic E-state index is -0.172. The molecule has 2 amide bonds. The molecule has 25 heavy (non-hydrogen) atoms. The van der Waals surface area contributed by atoms with Gasteiger partial charge < -0.3 is 15.0 Å². The Kier molecular flexibility index (Phi) is 4.14. The summed E-state index contributed by atoms with van der Waals surface area (Å²) >= 11 is 0. The van der Waals surface area contributed by atoms with E-state index in [0.29, 0.717) is 17.0 Å². The van der Waals surface area contributed by atoms with Gasteiger partial charge >= 0.3 is 0 Å². The van der Waals surface area contributed by atoms with E-state index in [1.807, 2.05) is 23.1 Å². The molecule has 5 heteroatoms. The molecule has 1 saturated heterocycles. The average Bonchev–Trinajstić information content (AvgIpc) is 3.09. The van der Waals surface area contributed by atoms with Crippen LogP contribution in [0.1, 0.15) is 28.8 Å². The second-order valence-electron chi connectivity index (χ2n) is 6.53. The Labute approximate surface area is 146 Å². The molecule has 2 aromatic rings. The third-order valence-corrected chi connectivity index (χ3v) is 4.81. The van der Waals surface area contributed by atoms with E-state index in [2.05, 4.69) is 17.4 Å². The zero-order chi connectivity index (χ0) is 17.2. The maximum absolute atomic E-state index is 13.0. The highest BCUT2D eigenvalue weighted by molar-refractivity contribution is 5.99. The molecule has 0 spiro atoms. The Balaban J connectivity index is 1.52. The zero-order valence-corrected chi connectivity index (χ0v) is 13.9. The van der Waals surface area contributed by atoms with Crippen molar-refractivity contribution in [3.8, 4) is 5.75 Å². The second-order valence-corrected chi connectivity index (χ2v) is 6.53. The molecule has 1 unspecified atom stereocenters. The van der Waals surface area contributed by atoms with Gasteiger partial charge in [-0.3, -0.25) is 9.59 Å². The predicted octanol–water partition coefficient (Wildman–Crippen LogP) is 2.86. The lowest BCUT2D eigenvalue weighted by molar-refractivity contribution is -0.118. The molecule has 128 valence electrons. The summed E-state index contributed by atoms with van der Waals surface area (Å²) < 4.78 is 5.43. The van der Waals surface area contributed by atoms with Gasteiger partial charge in [-0.05, 0) is 43.0 Å². The highest BCUT2D eigenvalue weighted by Crippen LogP contribution is 2.30. The first-order valence-corrected chi connectivity index (χ1v) is 8.62. The molecule has 1 atom stereocenters. The number of benzene rings is 2. The molecule has 2 aliphatic heterocycles. The molecule has 2 heterocycles. The van der Waals surface area contributed by atoms with Gasteiger partial charge in [-0.15, -0.1) is 0 Å². The number of anilines is 1. The van der Waals surface area contributed by atoms with Crippen LogP contribution in [0.3, 0.4) is 0 Å². The number of ether oxygens (including phenoxy) is 1. The van der Waals surface area contributed by atoms with Gasteiger partial charge in [0.05, 0.1) is 5.69 Å². The summed E-state index contributed by atoms with van der Waals surface area (Å²) in [5, 5.41) is 2.75. The van der Waals surface area contributed by atoms with Crippen LogP contribution in [0.15, 0.2) is 48.5 Å². The van der Waals surface area contributed by atoms with Gasteiger partial charge in [0.1, 0.15) is 5.75 Å². The van der Waals surface area contributed by atoms with Crippen molar-refractivity contribution in [2.75, 3.05) is 18.5 Å². The van der Waals surface area contributed by atoms with Crippen molar-refractivity contribution in [2.24, 2.45) is 0 Å². The number of fused-ring (bicyclic) bond motifs is 1. The molecule has 0 aromatic heterocycles. The van der Waals surface area contributed by atoms with Crippen LogP contribution in [-0.4, -0.2) is 35.9 Å². The van der Waals surface area contributed by atoms with E-state index in [4.69, 9.17) is 4.74 Å². The van der Waals surface area contributed by atoms with Crippen molar-refractivity contribution in [1.29, 1.82) is 0 Å². The molecule has 0 saturated carbocycles. The van der Waals surface area contributed by atoms with Crippen LogP contribution in [0, 0.1) is 0 Å². The van der Waals surface area contributed by atoms with Crippen molar-refractivity contribution >= 4 is 17.5 Å². The minimum Gasteiger partial charge on any atom is -0.482 e. The summed E-state index contributed by atoms with van der Waals surface area (Å²) in [6.07, 6.45) is 2.93. The molecular formula is C20H20N2O3. The average molecular weight is 336 g/mol. The van der Waals surface area contributed by atoms with Crippen molar-refractivity contribution in [3.63, 3.8) is 0 Å². The number of hydrogen-bond donors (Lipinski definition) is 1. The molecule has 0 bridgehead atoms. The third kappa shape index (κ3) is 3.22. The van der Waals surface area contributed by atoms with E-state index >= 15 is 0 Å². The number of carbonyl (C=O) groups excluding carboxylic acids is 2. The maximum Gasteiger partial charge on any atom is 0.262 e.